The minimum absolute atomic E-state index is 0.0137. The van der Waals surface area contributed by atoms with E-state index >= 15 is 0 Å². The number of H-pyrrole nitrogens is 1. The number of imidazole rings is 1. The molecule has 0 spiro atoms. The first kappa shape index (κ1) is 11.2. The van der Waals surface area contributed by atoms with Crippen molar-refractivity contribution in [3.8, 4) is 0 Å². The van der Waals surface area contributed by atoms with Crippen LogP contribution in [0.4, 0.5) is 0 Å². The molecular formula is C10H19N3O. The monoisotopic (exact) mass is 197 g/mol. The molecule has 0 aliphatic heterocycles. The molecule has 1 aromatic rings. The van der Waals surface area contributed by atoms with Crippen molar-refractivity contribution < 1.29 is 5.11 Å². The van der Waals surface area contributed by atoms with Crippen molar-refractivity contribution in [1.82, 2.24) is 15.3 Å². The van der Waals surface area contributed by atoms with E-state index in [0.717, 1.165) is 25.1 Å². The highest BCUT2D eigenvalue weighted by molar-refractivity contribution is 4.95. The molecule has 0 radical (unpaired) electrons. The second-order valence-electron chi connectivity index (χ2n) is 3.82. The highest BCUT2D eigenvalue weighted by atomic mass is 16.3. The van der Waals surface area contributed by atoms with Crippen LogP contribution in [0.15, 0.2) is 12.5 Å². The zero-order chi connectivity index (χ0) is 10.4. The maximum absolute atomic E-state index is 8.93. The third-order valence-corrected chi connectivity index (χ3v) is 2.70. The molecule has 0 aliphatic rings. The first-order valence-corrected chi connectivity index (χ1v) is 5.03. The van der Waals surface area contributed by atoms with Crippen LogP contribution >= 0.6 is 0 Å². The van der Waals surface area contributed by atoms with E-state index in [1.807, 2.05) is 6.20 Å². The van der Waals surface area contributed by atoms with E-state index in [2.05, 4.69) is 29.1 Å². The molecule has 1 rings (SSSR count). The molecule has 1 unspecified atom stereocenters. The molecule has 1 atom stereocenters. The molecule has 4 heteroatoms. The van der Waals surface area contributed by atoms with Crippen LogP contribution in [0.3, 0.4) is 0 Å². The standard InChI is InChI=1S/C10H19N3O/c1-3-10(2,4-5-14)13-7-9-6-11-8-12-9/h6,8,13-14H,3-5,7H2,1-2H3,(H,11,12). The molecule has 0 bridgehead atoms. The summed E-state index contributed by atoms with van der Waals surface area (Å²) < 4.78 is 0. The summed E-state index contributed by atoms with van der Waals surface area (Å²) >= 11 is 0. The Kier molecular flexibility index (Phi) is 4.10. The second kappa shape index (κ2) is 5.12. The van der Waals surface area contributed by atoms with Crippen molar-refractivity contribution in [2.45, 2.75) is 38.8 Å². The van der Waals surface area contributed by atoms with Crippen LogP contribution in [0.2, 0.25) is 0 Å². The van der Waals surface area contributed by atoms with E-state index in [0.29, 0.717) is 0 Å². The van der Waals surface area contributed by atoms with Crippen LogP contribution in [-0.4, -0.2) is 27.2 Å². The molecule has 1 heterocycles. The minimum Gasteiger partial charge on any atom is -0.396 e. The Hall–Kier alpha value is -0.870. The third-order valence-electron chi connectivity index (χ3n) is 2.70. The van der Waals surface area contributed by atoms with Gasteiger partial charge < -0.3 is 15.4 Å². The van der Waals surface area contributed by atoms with Crippen molar-refractivity contribution in [3.05, 3.63) is 18.2 Å². The van der Waals surface area contributed by atoms with Crippen LogP contribution in [-0.2, 0) is 6.54 Å². The molecular weight excluding hydrogens is 178 g/mol. The van der Waals surface area contributed by atoms with Crippen molar-refractivity contribution in [3.63, 3.8) is 0 Å². The SMILES string of the molecule is CCC(C)(CCO)NCc1cnc[nH]1. The van der Waals surface area contributed by atoms with Gasteiger partial charge in [-0.1, -0.05) is 6.92 Å². The molecule has 80 valence electrons. The average Bonchev–Trinajstić information content (AvgIpc) is 2.68. The van der Waals surface area contributed by atoms with E-state index < -0.39 is 0 Å². The molecule has 0 saturated heterocycles. The summed E-state index contributed by atoms with van der Waals surface area (Å²) in [4.78, 5) is 6.99. The van der Waals surface area contributed by atoms with Gasteiger partial charge in [0.25, 0.3) is 0 Å². The number of hydrogen-bond acceptors (Lipinski definition) is 3. The minimum atomic E-state index is 0.0137. The lowest BCUT2D eigenvalue weighted by Crippen LogP contribution is -2.42. The van der Waals surface area contributed by atoms with E-state index in [-0.39, 0.29) is 12.1 Å². The fraction of sp³-hybridized carbons (Fsp3) is 0.700. The Morgan fingerprint density at radius 2 is 2.43 bits per heavy atom. The maximum Gasteiger partial charge on any atom is 0.0922 e. The van der Waals surface area contributed by atoms with Crippen molar-refractivity contribution in [2.75, 3.05) is 6.61 Å². The Labute approximate surface area is 84.8 Å². The zero-order valence-electron chi connectivity index (χ0n) is 8.88. The first-order valence-electron chi connectivity index (χ1n) is 5.03. The number of aromatic nitrogens is 2. The Morgan fingerprint density at radius 1 is 1.64 bits per heavy atom. The van der Waals surface area contributed by atoms with E-state index in [1.165, 1.54) is 0 Å². The summed E-state index contributed by atoms with van der Waals surface area (Å²) in [6.07, 6.45) is 5.26. The summed E-state index contributed by atoms with van der Waals surface area (Å²) in [5.74, 6) is 0. The summed E-state index contributed by atoms with van der Waals surface area (Å²) in [6, 6.07) is 0. The number of aliphatic hydroxyl groups is 1. The lowest BCUT2D eigenvalue weighted by molar-refractivity contribution is 0.214. The van der Waals surface area contributed by atoms with Crippen LogP contribution in [0.5, 0.6) is 0 Å². The predicted molar refractivity (Wildman–Crippen MR) is 55.8 cm³/mol. The number of nitrogens with zero attached hydrogens (tertiary/aromatic N) is 1. The molecule has 0 saturated carbocycles. The topological polar surface area (TPSA) is 60.9 Å². The number of nitrogens with one attached hydrogen (secondary N) is 2. The Morgan fingerprint density at radius 3 is 2.93 bits per heavy atom. The van der Waals surface area contributed by atoms with Crippen LogP contribution in [0.1, 0.15) is 32.4 Å². The van der Waals surface area contributed by atoms with E-state index in [1.54, 1.807) is 6.33 Å². The van der Waals surface area contributed by atoms with Gasteiger partial charge in [0.05, 0.1) is 6.33 Å². The summed E-state index contributed by atoms with van der Waals surface area (Å²) in [6.45, 7) is 5.24. The number of hydrogen-bond donors (Lipinski definition) is 3. The fourth-order valence-corrected chi connectivity index (χ4v) is 1.33. The second-order valence-corrected chi connectivity index (χ2v) is 3.82. The lowest BCUT2D eigenvalue weighted by atomic mass is 9.95. The zero-order valence-corrected chi connectivity index (χ0v) is 8.88. The summed E-state index contributed by atoms with van der Waals surface area (Å²) in [5.41, 5.74) is 1.09. The van der Waals surface area contributed by atoms with Gasteiger partial charge in [-0.2, -0.15) is 0 Å². The van der Waals surface area contributed by atoms with E-state index in [4.69, 9.17) is 5.11 Å². The molecule has 4 nitrogen and oxygen atoms in total. The van der Waals surface area contributed by atoms with Crippen molar-refractivity contribution in [1.29, 1.82) is 0 Å². The molecule has 0 aromatic carbocycles. The van der Waals surface area contributed by atoms with Gasteiger partial charge in [-0.15, -0.1) is 0 Å². The summed E-state index contributed by atoms with van der Waals surface area (Å²) in [7, 11) is 0. The van der Waals surface area contributed by atoms with Gasteiger partial charge in [0.2, 0.25) is 0 Å². The highest BCUT2D eigenvalue weighted by Gasteiger charge is 2.20. The van der Waals surface area contributed by atoms with Crippen LogP contribution < -0.4 is 5.32 Å². The molecule has 1 aromatic heterocycles. The Bertz CT molecular complexity index is 248. The maximum atomic E-state index is 8.93. The van der Waals surface area contributed by atoms with Gasteiger partial charge in [0.15, 0.2) is 0 Å². The number of rotatable bonds is 6. The fourth-order valence-electron chi connectivity index (χ4n) is 1.33. The van der Waals surface area contributed by atoms with Gasteiger partial charge in [-0.3, -0.25) is 0 Å². The Balaban J connectivity index is 2.41. The molecule has 0 aliphatic carbocycles. The summed E-state index contributed by atoms with van der Waals surface area (Å²) in [5, 5.41) is 12.3. The number of aliphatic hydroxyl groups excluding tert-OH is 1. The van der Waals surface area contributed by atoms with Gasteiger partial charge in [-0.25, -0.2) is 4.98 Å². The van der Waals surface area contributed by atoms with Gasteiger partial charge in [0, 0.05) is 30.6 Å². The first-order chi connectivity index (χ1) is 6.70. The molecule has 14 heavy (non-hydrogen) atoms. The lowest BCUT2D eigenvalue weighted by Gasteiger charge is -2.28. The molecule has 0 fully saturated rings. The average molecular weight is 197 g/mol. The normalized spacial score (nSPS) is 15.4. The van der Waals surface area contributed by atoms with Crippen molar-refractivity contribution >= 4 is 0 Å². The smallest absolute Gasteiger partial charge is 0.0922 e. The van der Waals surface area contributed by atoms with Crippen molar-refractivity contribution in [2.24, 2.45) is 0 Å². The molecule has 3 N–H and O–H groups in total. The quantitative estimate of drug-likeness (QED) is 0.639. The molecule has 0 amide bonds. The van der Waals surface area contributed by atoms with Gasteiger partial charge >= 0.3 is 0 Å². The van der Waals surface area contributed by atoms with Crippen LogP contribution in [0, 0.1) is 0 Å². The third kappa shape index (κ3) is 3.12. The van der Waals surface area contributed by atoms with Crippen LogP contribution in [0.25, 0.3) is 0 Å². The predicted octanol–water partition coefficient (Wildman–Crippen LogP) is 1.05. The number of aromatic amines is 1. The van der Waals surface area contributed by atoms with Gasteiger partial charge in [-0.05, 0) is 19.8 Å². The largest absolute Gasteiger partial charge is 0.396 e. The highest BCUT2D eigenvalue weighted by Crippen LogP contribution is 2.14. The van der Waals surface area contributed by atoms with Gasteiger partial charge in [0.1, 0.15) is 0 Å². The van der Waals surface area contributed by atoms with E-state index in [9.17, 15) is 0 Å².